The Balaban J connectivity index is 1.51. The maximum atomic E-state index is 2.72. The highest BCUT2D eigenvalue weighted by Gasteiger charge is 2.57. The van der Waals surface area contributed by atoms with E-state index in [2.05, 4.69) is 34.6 Å². The maximum absolute atomic E-state index is 2.72. The molecule has 4 aliphatic carbocycles. The minimum atomic E-state index is 0.673. The van der Waals surface area contributed by atoms with Crippen molar-refractivity contribution < 1.29 is 0 Å². The Labute approximate surface area is 157 Å². The molecule has 8 unspecified atom stereocenters. The van der Waals surface area contributed by atoms with Gasteiger partial charge in [0.1, 0.15) is 0 Å². The summed E-state index contributed by atoms with van der Waals surface area (Å²) in [6, 6.07) is 0. The fourth-order valence-electron chi connectivity index (χ4n) is 8.77. The van der Waals surface area contributed by atoms with E-state index >= 15 is 0 Å². The SMILES string of the molecule is CCC(C)C1CCC2C3CCC4C[C@@](C)(CC)CCC4C3CCC12C. The van der Waals surface area contributed by atoms with Gasteiger partial charge in [-0.2, -0.15) is 0 Å². The molecule has 4 fully saturated rings. The van der Waals surface area contributed by atoms with Crippen molar-refractivity contribution in [3.63, 3.8) is 0 Å². The summed E-state index contributed by atoms with van der Waals surface area (Å²) >= 11 is 0. The van der Waals surface area contributed by atoms with Gasteiger partial charge in [-0.15, -0.1) is 0 Å². The Bertz CT molecular complexity index is 480. The molecule has 0 spiro atoms. The molecule has 0 saturated heterocycles. The van der Waals surface area contributed by atoms with Crippen molar-refractivity contribution in [3.8, 4) is 0 Å². The quantitative estimate of drug-likeness (QED) is 0.491. The topological polar surface area (TPSA) is 0 Å². The Morgan fingerprint density at radius 3 is 2.32 bits per heavy atom. The predicted octanol–water partition coefficient (Wildman–Crippen LogP) is 7.72. The first-order valence-electron chi connectivity index (χ1n) is 11.9. The van der Waals surface area contributed by atoms with Crippen molar-refractivity contribution in [2.75, 3.05) is 0 Å². The summed E-state index contributed by atoms with van der Waals surface area (Å²) in [7, 11) is 0. The molecule has 25 heavy (non-hydrogen) atoms. The standard InChI is InChI=1S/C25H44/c1-6-17(3)22-10-11-23-21-9-8-18-16-24(4,7-2)14-12-19(18)20(21)13-15-25(22,23)5/h17-23H,6-16H2,1-5H3/t17?,18?,19?,20?,21?,22?,23?,24-,25?/m0/s1. The molecule has 0 aromatic rings. The van der Waals surface area contributed by atoms with E-state index in [4.69, 9.17) is 0 Å². The van der Waals surface area contributed by atoms with Gasteiger partial charge < -0.3 is 0 Å². The van der Waals surface area contributed by atoms with Crippen LogP contribution < -0.4 is 0 Å². The van der Waals surface area contributed by atoms with Gasteiger partial charge in [-0.3, -0.25) is 0 Å². The monoisotopic (exact) mass is 344 g/mol. The molecule has 0 bridgehead atoms. The molecular weight excluding hydrogens is 300 g/mol. The van der Waals surface area contributed by atoms with Crippen LogP contribution in [0.3, 0.4) is 0 Å². The molecule has 9 atom stereocenters. The van der Waals surface area contributed by atoms with E-state index in [1.807, 2.05) is 0 Å². The Kier molecular flexibility index (Phi) is 4.82. The van der Waals surface area contributed by atoms with Gasteiger partial charge in [-0.1, -0.05) is 47.5 Å². The third-order valence-corrected chi connectivity index (χ3v) is 10.6. The van der Waals surface area contributed by atoms with Gasteiger partial charge in [-0.25, -0.2) is 0 Å². The fraction of sp³-hybridized carbons (Fsp3) is 1.00. The van der Waals surface area contributed by atoms with E-state index in [1.165, 1.54) is 19.3 Å². The van der Waals surface area contributed by atoms with Gasteiger partial charge in [0.25, 0.3) is 0 Å². The zero-order valence-electron chi connectivity index (χ0n) is 17.8. The Hall–Kier alpha value is 0. The molecule has 0 heterocycles. The molecule has 0 N–H and O–H groups in total. The highest BCUT2D eigenvalue weighted by molar-refractivity contribution is 5.07. The predicted molar refractivity (Wildman–Crippen MR) is 108 cm³/mol. The van der Waals surface area contributed by atoms with Crippen LogP contribution in [-0.2, 0) is 0 Å². The lowest BCUT2D eigenvalue weighted by atomic mass is 9.47. The molecular formula is C25H44. The first kappa shape index (κ1) is 18.4. The van der Waals surface area contributed by atoms with Gasteiger partial charge in [0.2, 0.25) is 0 Å². The zero-order valence-corrected chi connectivity index (χ0v) is 17.8. The van der Waals surface area contributed by atoms with Crippen LogP contribution in [-0.4, -0.2) is 0 Å². The van der Waals surface area contributed by atoms with Gasteiger partial charge in [0.05, 0.1) is 0 Å². The minimum Gasteiger partial charge on any atom is -0.0651 e. The van der Waals surface area contributed by atoms with Crippen molar-refractivity contribution in [1.82, 2.24) is 0 Å². The van der Waals surface area contributed by atoms with Crippen molar-refractivity contribution in [3.05, 3.63) is 0 Å². The number of fused-ring (bicyclic) bond motifs is 5. The first-order chi connectivity index (χ1) is 11.9. The molecule has 144 valence electrons. The van der Waals surface area contributed by atoms with Crippen LogP contribution in [0, 0.1) is 52.3 Å². The lowest BCUT2D eigenvalue weighted by molar-refractivity contribution is -0.0831. The Morgan fingerprint density at radius 1 is 0.840 bits per heavy atom. The molecule has 0 amide bonds. The van der Waals surface area contributed by atoms with Gasteiger partial charge in [0.15, 0.2) is 0 Å². The van der Waals surface area contributed by atoms with Crippen molar-refractivity contribution >= 4 is 0 Å². The molecule has 0 aliphatic heterocycles. The highest BCUT2D eigenvalue weighted by Crippen LogP contribution is 2.66. The summed E-state index contributed by atoms with van der Waals surface area (Å²) in [5.74, 6) is 7.43. The molecule has 4 saturated carbocycles. The second-order valence-corrected chi connectivity index (χ2v) is 11.5. The zero-order chi connectivity index (χ0) is 17.8. The summed E-state index contributed by atoms with van der Waals surface area (Å²) in [4.78, 5) is 0. The number of hydrogen-bond acceptors (Lipinski definition) is 0. The average Bonchev–Trinajstić information content (AvgIpc) is 2.98. The number of rotatable bonds is 3. The molecule has 0 nitrogen and oxygen atoms in total. The van der Waals surface area contributed by atoms with Crippen LogP contribution in [0.25, 0.3) is 0 Å². The van der Waals surface area contributed by atoms with E-state index in [1.54, 1.807) is 51.4 Å². The maximum Gasteiger partial charge on any atom is -0.0264 e. The molecule has 4 aliphatic rings. The van der Waals surface area contributed by atoms with E-state index in [-0.39, 0.29) is 0 Å². The lowest BCUT2D eigenvalue weighted by Gasteiger charge is -2.58. The van der Waals surface area contributed by atoms with Gasteiger partial charge in [0, 0.05) is 0 Å². The van der Waals surface area contributed by atoms with Crippen LogP contribution in [0.2, 0.25) is 0 Å². The van der Waals surface area contributed by atoms with Crippen LogP contribution in [0.4, 0.5) is 0 Å². The molecule has 0 aromatic heterocycles. The van der Waals surface area contributed by atoms with Crippen LogP contribution in [0.15, 0.2) is 0 Å². The van der Waals surface area contributed by atoms with Crippen molar-refractivity contribution in [2.45, 2.75) is 105 Å². The largest absolute Gasteiger partial charge is 0.0651 e. The first-order valence-corrected chi connectivity index (χ1v) is 11.9. The smallest absolute Gasteiger partial charge is 0.0264 e. The lowest BCUT2D eigenvalue weighted by Crippen LogP contribution is -2.49. The highest BCUT2D eigenvalue weighted by atomic mass is 14.6. The average molecular weight is 345 g/mol. The molecule has 0 aromatic carbocycles. The van der Waals surface area contributed by atoms with Crippen LogP contribution in [0.5, 0.6) is 0 Å². The van der Waals surface area contributed by atoms with E-state index < -0.39 is 0 Å². The number of hydrogen-bond donors (Lipinski definition) is 0. The summed E-state index contributed by atoms with van der Waals surface area (Å²) in [6.07, 6.45) is 16.8. The third kappa shape index (κ3) is 2.84. The Morgan fingerprint density at radius 2 is 1.60 bits per heavy atom. The van der Waals surface area contributed by atoms with E-state index in [0.29, 0.717) is 10.8 Å². The second-order valence-electron chi connectivity index (χ2n) is 11.5. The summed E-state index contributed by atoms with van der Waals surface area (Å²) in [6.45, 7) is 12.7. The van der Waals surface area contributed by atoms with E-state index in [9.17, 15) is 0 Å². The summed E-state index contributed by atoms with van der Waals surface area (Å²) in [5.41, 5.74) is 1.36. The van der Waals surface area contributed by atoms with E-state index in [0.717, 1.165) is 41.4 Å². The van der Waals surface area contributed by atoms with Crippen molar-refractivity contribution in [2.24, 2.45) is 52.3 Å². The van der Waals surface area contributed by atoms with Gasteiger partial charge in [-0.05, 0) is 110 Å². The molecule has 4 rings (SSSR count). The molecule has 0 heteroatoms. The van der Waals surface area contributed by atoms with Crippen LogP contribution in [0.1, 0.15) is 105 Å². The summed E-state index contributed by atoms with van der Waals surface area (Å²) in [5, 5.41) is 0. The van der Waals surface area contributed by atoms with Crippen molar-refractivity contribution in [1.29, 1.82) is 0 Å². The summed E-state index contributed by atoms with van der Waals surface area (Å²) < 4.78 is 0. The van der Waals surface area contributed by atoms with Gasteiger partial charge >= 0.3 is 0 Å². The van der Waals surface area contributed by atoms with Crippen LogP contribution >= 0.6 is 0 Å². The molecule has 0 radical (unpaired) electrons. The normalized spacial score (nSPS) is 53.6. The second kappa shape index (κ2) is 6.56. The third-order valence-electron chi connectivity index (χ3n) is 10.6. The minimum absolute atomic E-state index is 0.673. The fourth-order valence-corrected chi connectivity index (χ4v) is 8.77.